The number of aromatic nitrogens is 2. The predicted octanol–water partition coefficient (Wildman–Crippen LogP) is 1.69. The van der Waals surface area contributed by atoms with Crippen LogP contribution in [0.1, 0.15) is 29.2 Å². The summed E-state index contributed by atoms with van der Waals surface area (Å²) in [6, 6.07) is 0. The van der Waals surface area contributed by atoms with Crippen LogP contribution in [-0.2, 0) is 13.0 Å². The third-order valence-electron chi connectivity index (χ3n) is 2.18. The minimum Gasteiger partial charge on any atom is -0.325 e. The van der Waals surface area contributed by atoms with Gasteiger partial charge in [-0.15, -0.1) is 0 Å². The molecule has 0 spiro atoms. The first-order valence-electron chi connectivity index (χ1n) is 4.03. The van der Waals surface area contributed by atoms with Gasteiger partial charge in [-0.2, -0.15) is 0 Å². The highest BCUT2D eigenvalue weighted by Gasteiger charge is 2.17. The molecule has 0 bridgehead atoms. The molecule has 1 aromatic heterocycles. The molecule has 0 atom stereocenters. The lowest BCUT2D eigenvalue weighted by Crippen LogP contribution is -2.12. The van der Waals surface area contributed by atoms with Crippen LogP contribution < -0.4 is 0 Å². The van der Waals surface area contributed by atoms with Crippen molar-refractivity contribution < 1.29 is 4.79 Å². The Morgan fingerprint density at radius 1 is 1.50 bits per heavy atom. The second-order valence-corrected chi connectivity index (χ2v) is 3.29. The Hall–Kier alpha value is -0.830. The van der Waals surface area contributed by atoms with Gasteiger partial charge >= 0.3 is 0 Å². The largest absolute Gasteiger partial charge is 0.325 e. The van der Waals surface area contributed by atoms with Gasteiger partial charge in [0.25, 0.3) is 0 Å². The summed E-state index contributed by atoms with van der Waals surface area (Å²) in [6.07, 6.45) is 3.98. The van der Waals surface area contributed by atoms with E-state index < -0.39 is 0 Å². The van der Waals surface area contributed by atoms with Crippen LogP contribution in [0.2, 0.25) is 5.15 Å². The molecular formula is C8H9ClN2O. The lowest BCUT2D eigenvalue weighted by Gasteiger charge is -2.13. The van der Waals surface area contributed by atoms with Gasteiger partial charge in [-0.25, -0.2) is 4.98 Å². The lowest BCUT2D eigenvalue weighted by molar-refractivity contribution is 0.111. The first-order valence-corrected chi connectivity index (χ1v) is 4.41. The quantitative estimate of drug-likeness (QED) is 0.623. The lowest BCUT2D eigenvalue weighted by atomic mass is 10.2. The SMILES string of the molecule is O=Cc1c(Cl)nc2n1CCCC2. The molecule has 4 heteroatoms. The maximum Gasteiger partial charge on any atom is 0.169 e. The number of carbonyl (C=O) groups excluding carboxylic acids is 1. The minimum atomic E-state index is 0.349. The van der Waals surface area contributed by atoms with E-state index >= 15 is 0 Å². The van der Waals surface area contributed by atoms with Crippen LogP contribution in [0.5, 0.6) is 0 Å². The highest BCUT2D eigenvalue weighted by atomic mass is 35.5. The third-order valence-corrected chi connectivity index (χ3v) is 2.46. The van der Waals surface area contributed by atoms with Gasteiger partial charge < -0.3 is 4.57 Å². The fourth-order valence-electron chi connectivity index (χ4n) is 1.59. The van der Waals surface area contributed by atoms with Crippen LogP contribution in [0.25, 0.3) is 0 Å². The molecule has 2 rings (SSSR count). The normalized spacial score (nSPS) is 15.8. The zero-order valence-electron chi connectivity index (χ0n) is 6.59. The highest BCUT2D eigenvalue weighted by Crippen LogP contribution is 2.21. The van der Waals surface area contributed by atoms with Gasteiger partial charge in [-0.1, -0.05) is 11.6 Å². The monoisotopic (exact) mass is 184 g/mol. The van der Waals surface area contributed by atoms with Gasteiger partial charge in [0.15, 0.2) is 11.4 Å². The van der Waals surface area contributed by atoms with Crippen LogP contribution in [0, 0.1) is 0 Å². The maximum absolute atomic E-state index is 10.6. The summed E-state index contributed by atoms with van der Waals surface area (Å²) in [5, 5.41) is 0.349. The van der Waals surface area contributed by atoms with Gasteiger partial charge in [-0.05, 0) is 12.8 Å². The Morgan fingerprint density at radius 2 is 2.33 bits per heavy atom. The van der Waals surface area contributed by atoms with E-state index in [1.165, 1.54) is 0 Å². The second kappa shape index (κ2) is 2.90. The minimum absolute atomic E-state index is 0.349. The van der Waals surface area contributed by atoms with E-state index in [1.807, 2.05) is 4.57 Å². The number of aldehydes is 1. The van der Waals surface area contributed by atoms with E-state index in [0.717, 1.165) is 37.9 Å². The van der Waals surface area contributed by atoms with E-state index in [0.29, 0.717) is 10.8 Å². The van der Waals surface area contributed by atoms with Crippen LogP contribution in [-0.4, -0.2) is 15.8 Å². The van der Waals surface area contributed by atoms with E-state index in [-0.39, 0.29) is 0 Å². The topological polar surface area (TPSA) is 34.9 Å². The van der Waals surface area contributed by atoms with E-state index in [2.05, 4.69) is 4.98 Å². The molecule has 1 aliphatic heterocycles. The Bertz CT molecular complexity index is 319. The van der Waals surface area contributed by atoms with Crippen molar-refractivity contribution in [3.63, 3.8) is 0 Å². The van der Waals surface area contributed by atoms with Crippen molar-refractivity contribution in [3.05, 3.63) is 16.7 Å². The number of fused-ring (bicyclic) bond motifs is 1. The van der Waals surface area contributed by atoms with Crippen LogP contribution in [0.15, 0.2) is 0 Å². The van der Waals surface area contributed by atoms with E-state index in [4.69, 9.17) is 11.6 Å². The third kappa shape index (κ3) is 1.05. The summed E-state index contributed by atoms with van der Waals surface area (Å²) in [7, 11) is 0. The summed E-state index contributed by atoms with van der Waals surface area (Å²) >= 11 is 5.77. The molecule has 0 aliphatic carbocycles. The van der Waals surface area contributed by atoms with Gasteiger partial charge in [0.1, 0.15) is 11.5 Å². The molecule has 0 radical (unpaired) electrons. The fraction of sp³-hybridized carbons (Fsp3) is 0.500. The van der Waals surface area contributed by atoms with Gasteiger partial charge in [0, 0.05) is 13.0 Å². The zero-order valence-corrected chi connectivity index (χ0v) is 7.34. The molecule has 3 nitrogen and oxygen atoms in total. The summed E-state index contributed by atoms with van der Waals surface area (Å²) in [6.45, 7) is 0.878. The number of hydrogen-bond donors (Lipinski definition) is 0. The van der Waals surface area contributed by atoms with Crippen molar-refractivity contribution >= 4 is 17.9 Å². The van der Waals surface area contributed by atoms with Crippen LogP contribution in [0.4, 0.5) is 0 Å². The van der Waals surface area contributed by atoms with Gasteiger partial charge in [0.05, 0.1) is 0 Å². The average molecular weight is 185 g/mol. The van der Waals surface area contributed by atoms with E-state index in [9.17, 15) is 4.79 Å². The molecule has 0 amide bonds. The number of imidazole rings is 1. The molecule has 0 saturated heterocycles. The predicted molar refractivity (Wildman–Crippen MR) is 45.6 cm³/mol. The summed E-state index contributed by atoms with van der Waals surface area (Å²) in [5.41, 5.74) is 0.534. The Labute approximate surface area is 75.4 Å². The van der Waals surface area contributed by atoms with Crippen molar-refractivity contribution in [3.8, 4) is 0 Å². The summed E-state index contributed by atoms with van der Waals surface area (Å²) < 4.78 is 1.92. The van der Waals surface area contributed by atoms with Crippen molar-refractivity contribution in [2.75, 3.05) is 0 Å². The molecule has 0 saturated carbocycles. The molecule has 0 fully saturated rings. The van der Waals surface area contributed by atoms with Crippen molar-refractivity contribution in [2.24, 2.45) is 0 Å². The first-order chi connectivity index (χ1) is 5.83. The number of rotatable bonds is 1. The molecule has 2 heterocycles. The van der Waals surface area contributed by atoms with Crippen LogP contribution >= 0.6 is 11.6 Å². The number of aryl methyl sites for hydroxylation is 1. The second-order valence-electron chi connectivity index (χ2n) is 2.93. The van der Waals surface area contributed by atoms with Gasteiger partial charge in [0.2, 0.25) is 0 Å². The number of nitrogens with zero attached hydrogens (tertiary/aromatic N) is 2. The maximum atomic E-state index is 10.6. The van der Waals surface area contributed by atoms with Crippen molar-refractivity contribution in [1.29, 1.82) is 0 Å². The molecule has 1 aromatic rings. The smallest absolute Gasteiger partial charge is 0.169 e. The molecular weight excluding hydrogens is 176 g/mol. The Balaban J connectivity index is 2.53. The molecule has 64 valence electrons. The molecule has 0 N–H and O–H groups in total. The number of carbonyl (C=O) groups is 1. The Kier molecular flexibility index (Phi) is 1.89. The Morgan fingerprint density at radius 3 is 3.08 bits per heavy atom. The van der Waals surface area contributed by atoms with Crippen LogP contribution in [0.3, 0.4) is 0 Å². The average Bonchev–Trinajstić information content (AvgIpc) is 2.40. The van der Waals surface area contributed by atoms with Crippen molar-refractivity contribution in [2.45, 2.75) is 25.8 Å². The summed E-state index contributed by atoms with van der Waals surface area (Å²) in [4.78, 5) is 14.7. The van der Waals surface area contributed by atoms with Gasteiger partial charge in [-0.3, -0.25) is 4.79 Å². The first kappa shape index (κ1) is 7.80. The highest BCUT2D eigenvalue weighted by molar-refractivity contribution is 6.31. The summed E-state index contributed by atoms with van der Waals surface area (Å²) in [5.74, 6) is 0.952. The molecule has 0 unspecified atom stereocenters. The number of halogens is 1. The molecule has 12 heavy (non-hydrogen) atoms. The fourth-order valence-corrected chi connectivity index (χ4v) is 1.83. The number of hydrogen-bond acceptors (Lipinski definition) is 2. The van der Waals surface area contributed by atoms with E-state index in [1.54, 1.807) is 0 Å². The van der Waals surface area contributed by atoms with Crippen molar-refractivity contribution in [1.82, 2.24) is 9.55 Å². The molecule has 1 aliphatic rings. The molecule has 0 aromatic carbocycles. The zero-order chi connectivity index (χ0) is 8.55. The standard InChI is InChI=1S/C8H9ClN2O/c9-8-6(5-12)11-4-2-1-3-7(11)10-8/h5H,1-4H2.